The van der Waals surface area contributed by atoms with Gasteiger partial charge >= 0.3 is 0 Å². The summed E-state index contributed by atoms with van der Waals surface area (Å²) in [6, 6.07) is 8.59. The van der Waals surface area contributed by atoms with Crippen molar-refractivity contribution in [3.63, 3.8) is 0 Å². The third kappa shape index (κ3) is 7.18. The molecule has 0 heterocycles. The van der Waals surface area contributed by atoms with Crippen molar-refractivity contribution in [3.8, 4) is 5.75 Å². The fourth-order valence-electron chi connectivity index (χ4n) is 1.37. The minimum absolute atomic E-state index is 0.566. The van der Waals surface area contributed by atoms with Crippen LogP contribution in [-0.2, 0) is 4.74 Å². The molecule has 0 saturated heterocycles. The van der Waals surface area contributed by atoms with Gasteiger partial charge in [-0.05, 0) is 60.2 Å². The summed E-state index contributed by atoms with van der Waals surface area (Å²) in [5, 5.41) is 3.38. The van der Waals surface area contributed by atoms with Gasteiger partial charge in [0.15, 0.2) is 0 Å². The van der Waals surface area contributed by atoms with E-state index >= 15 is 0 Å². The summed E-state index contributed by atoms with van der Waals surface area (Å²) < 4.78 is 12.3. The Bertz CT molecular complexity index is 316. The molecule has 0 aliphatic heterocycles. The maximum Gasteiger partial charge on any atom is 0.119 e. The summed E-state index contributed by atoms with van der Waals surface area (Å²) in [6.07, 6.45) is 1.15. The third-order valence-electron chi connectivity index (χ3n) is 2.66. The summed E-state index contributed by atoms with van der Waals surface area (Å²) in [5.74, 6) is 0.900. The molecule has 0 aromatic heterocycles. The van der Waals surface area contributed by atoms with Crippen molar-refractivity contribution in [1.82, 2.24) is 5.32 Å². The van der Waals surface area contributed by atoms with Gasteiger partial charge in [0, 0.05) is 16.2 Å². The van der Waals surface area contributed by atoms with Gasteiger partial charge in [-0.15, -0.1) is 0 Å². The molecule has 0 spiro atoms. The van der Waals surface area contributed by atoms with Crippen molar-refractivity contribution in [3.05, 3.63) is 27.8 Å². The molecule has 0 aliphatic rings. The number of hydrogen-bond donors (Lipinski definition) is 1. The van der Waals surface area contributed by atoms with Crippen molar-refractivity contribution in [2.75, 3.05) is 26.4 Å². The largest absolute Gasteiger partial charge is 0.491 e. The Hall–Kier alpha value is -0.330. The van der Waals surface area contributed by atoms with Crippen molar-refractivity contribution < 1.29 is 9.47 Å². The molecule has 1 N–H and O–H groups in total. The standard InChI is InChI=1S/C14H22INO2/c1-3-12(2)16-8-9-17-10-11-18-14-6-4-13(15)5-7-14/h4-7,12,16H,3,8-11H2,1-2H3. The van der Waals surface area contributed by atoms with Crippen LogP contribution >= 0.6 is 22.6 Å². The van der Waals surface area contributed by atoms with Gasteiger partial charge < -0.3 is 14.8 Å². The summed E-state index contributed by atoms with van der Waals surface area (Å²) >= 11 is 2.28. The van der Waals surface area contributed by atoms with Crippen LogP contribution in [0.25, 0.3) is 0 Å². The first-order valence-corrected chi connectivity index (χ1v) is 7.49. The highest BCUT2D eigenvalue weighted by Gasteiger charge is 1.97. The second kappa shape index (κ2) is 9.58. The number of rotatable bonds is 9. The van der Waals surface area contributed by atoms with E-state index in [0.29, 0.717) is 19.3 Å². The first-order chi connectivity index (χ1) is 8.72. The van der Waals surface area contributed by atoms with Gasteiger partial charge in [-0.3, -0.25) is 0 Å². The lowest BCUT2D eigenvalue weighted by Gasteiger charge is -2.11. The van der Waals surface area contributed by atoms with Gasteiger partial charge in [0.25, 0.3) is 0 Å². The van der Waals surface area contributed by atoms with Crippen LogP contribution in [0.15, 0.2) is 24.3 Å². The number of ether oxygens (including phenoxy) is 2. The van der Waals surface area contributed by atoms with Crippen LogP contribution in [0.4, 0.5) is 0 Å². The average Bonchev–Trinajstić information content (AvgIpc) is 2.39. The van der Waals surface area contributed by atoms with Crippen molar-refractivity contribution in [2.45, 2.75) is 26.3 Å². The van der Waals surface area contributed by atoms with Crippen LogP contribution < -0.4 is 10.1 Å². The monoisotopic (exact) mass is 363 g/mol. The van der Waals surface area contributed by atoms with Crippen LogP contribution in [0.5, 0.6) is 5.75 Å². The van der Waals surface area contributed by atoms with E-state index < -0.39 is 0 Å². The molecule has 3 nitrogen and oxygen atoms in total. The van der Waals surface area contributed by atoms with E-state index in [1.54, 1.807) is 0 Å². The molecule has 0 radical (unpaired) electrons. The van der Waals surface area contributed by atoms with Crippen LogP contribution in [-0.4, -0.2) is 32.4 Å². The zero-order chi connectivity index (χ0) is 13.2. The Morgan fingerprint density at radius 1 is 1.17 bits per heavy atom. The van der Waals surface area contributed by atoms with Crippen molar-refractivity contribution >= 4 is 22.6 Å². The Morgan fingerprint density at radius 3 is 2.56 bits per heavy atom. The number of benzene rings is 1. The maximum absolute atomic E-state index is 5.56. The normalized spacial score (nSPS) is 12.4. The van der Waals surface area contributed by atoms with Crippen LogP contribution in [0.2, 0.25) is 0 Å². The van der Waals surface area contributed by atoms with E-state index in [9.17, 15) is 0 Å². The van der Waals surface area contributed by atoms with Crippen LogP contribution in [0.1, 0.15) is 20.3 Å². The molecule has 4 heteroatoms. The van der Waals surface area contributed by atoms with Gasteiger partial charge in [0.05, 0.1) is 13.2 Å². The molecular formula is C14H22INO2. The second-order valence-corrected chi connectivity index (χ2v) is 5.42. The predicted molar refractivity (Wildman–Crippen MR) is 83.2 cm³/mol. The first kappa shape index (κ1) is 15.7. The zero-order valence-electron chi connectivity index (χ0n) is 11.1. The lowest BCUT2D eigenvalue weighted by molar-refractivity contribution is 0.100. The molecule has 18 heavy (non-hydrogen) atoms. The summed E-state index contributed by atoms with van der Waals surface area (Å²) in [5.41, 5.74) is 0. The molecule has 102 valence electrons. The fourth-order valence-corrected chi connectivity index (χ4v) is 1.73. The molecule has 0 bridgehead atoms. The molecule has 1 rings (SSSR count). The van der Waals surface area contributed by atoms with Crippen LogP contribution in [0.3, 0.4) is 0 Å². The molecule has 1 atom stereocenters. The van der Waals surface area contributed by atoms with Crippen molar-refractivity contribution in [2.24, 2.45) is 0 Å². The van der Waals surface area contributed by atoms with Crippen LogP contribution in [0, 0.1) is 3.57 Å². The SMILES string of the molecule is CCC(C)NCCOCCOc1ccc(I)cc1. The van der Waals surface area contributed by atoms with Crippen molar-refractivity contribution in [1.29, 1.82) is 0 Å². The molecular weight excluding hydrogens is 341 g/mol. The van der Waals surface area contributed by atoms with Gasteiger partial charge in [-0.2, -0.15) is 0 Å². The Morgan fingerprint density at radius 2 is 1.89 bits per heavy atom. The molecule has 1 aromatic rings. The average molecular weight is 363 g/mol. The van der Waals surface area contributed by atoms with E-state index in [0.717, 1.165) is 25.3 Å². The van der Waals surface area contributed by atoms with E-state index in [1.807, 2.05) is 24.3 Å². The van der Waals surface area contributed by atoms with Gasteiger partial charge in [0.2, 0.25) is 0 Å². The van der Waals surface area contributed by atoms with E-state index in [2.05, 4.69) is 41.8 Å². The zero-order valence-corrected chi connectivity index (χ0v) is 13.3. The molecule has 1 aromatic carbocycles. The number of hydrogen-bond acceptors (Lipinski definition) is 3. The second-order valence-electron chi connectivity index (χ2n) is 4.18. The minimum atomic E-state index is 0.566. The lowest BCUT2D eigenvalue weighted by Crippen LogP contribution is -2.29. The molecule has 1 unspecified atom stereocenters. The topological polar surface area (TPSA) is 30.5 Å². The Labute approximate surface area is 123 Å². The van der Waals surface area contributed by atoms with Gasteiger partial charge in [0.1, 0.15) is 12.4 Å². The molecule has 0 amide bonds. The van der Waals surface area contributed by atoms with E-state index in [-0.39, 0.29) is 0 Å². The molecule has 0 fully saturated rings. The highest BCUT2D eigenvalue weighted by Crippen LogP contribution is 2.13. The quantitative estimate of drug-likeness (QED) is 0.540. The lowest BCUT2D eigenvalue weighted by atomic mass is 10.3. The minimum Gasteiger partial charge on any atom is -0.491 e. The predicted octanol–water partition coefficient (Wildman–Crippen LogP) is 3.07. The summed E-state index contributed by atoms with van der Waals surface area (Å²) in [7, 11) is 0. The fraction of sp³-hybridized carbons (Fsp3) is 0.571. The first-order valence-electron chi connectivity index (χ1n) is 6.42. The highest BCUT2D eigenvalue weighted by atomic mass is 127. The molecule has 0 saturated carbocycles. The highest BCUT2D eigenvalue weighted by molar-refractivity contribution is 14.1. The summed E-state index contributed by atoms with van der Waals surface area (Å²) in [4.78, 5) is 0. The maximum atomic E-state index is 5.56. The third-order valence-corrected chi connectivity index (χ3v) is 3.38. The number of halogens is 1. The van der Waals surface area contributed by atoms with Gasteiger partial charge in [-0.1, -0.05) is 6.92 Å². The summed E-state index contributed by atoms with van der Waals surface area (Å²) in [6.45, 7) is 7.23. The Balaban J connectivity index is 1.97. The molecule has 0 aliphatic carbocycles. The van der Waals surface area contributed by atoms with Gasteiger partial charge in [-0.25, -0.2) is 0 Å². The Kier molecular flexibility index (Phi) is 8.37. The smallest absolute Gasteiger partial charge is 0.119 e. The number of nitrogens with one attached hydrogen (secondary N) is 1. The van der Waals surface area contributed by atoms with E-state index in [1.165, 1.54) is 3.57 Å². The van der Waals surface area contributed by atoms with E-state index in [4.69, 9.17) is 9.47 Å².